The summed E-state index contributed by atoms with van der Waals surface area (Å²) in [6.45, 7) is -1.13. The molecule has 0 spiro atoms. The highest BCUT2D eigenvalue weighted by molar-refractivity contribution is 5.73. The third-order valence-electron chi connectivity index (χ3n) is 3.75. The molecular formula is C18H15F5O5. The van der Waals surface area contributed by atoms with E-state index in [1.807, 2.05) is 0 Å². The van der Waals surface area contributed by atoms with E-state index in [9.17, 15) is 26.7 Å². The molecule has 152 valence electrons. The fourth-order valence-corrected chi connectivity index (χ4v) is 2.38. The van der Waals surface area contributed by atoms with E-state index in [0.717, 1.165) is 0 Å². The molecule has 0 N–H and O–H groups in total. The smallest absolute Gasteiger partial charge is 0.310 e. The van der Waals surface area contributed by atoms with Crippen LogP contribution in [0.2, 0.25) is 0 Å². The van der Waals surface area contributed by atoms with Crippen molar-refractivity contribution < 1.29 is 45.7 Å². The first kappa shape index (κ1) is 21.3. The Morgan fingerprint density at radius 2 is 1.25 bits per heavy atom. The molecule has 0 unspecified atom stereocenters. The highest BCUT2D eigenvalue weighted by atomic mass is 19.2. The SMILES string of the molecule is COc1cc(CC(=O)OCc2c(F)c(F)c(F)c(F)c2F)cc(OC)c1OC. The number of rotatable bonds is 7. The van der Waals surface area contributed by atoms with Crippen LogP contribution in [-0.4, -0.2) is 27.3 Å². The first-order valence-electron chi connectivity index (χ1n) is 7.69. The Morgan fingerprint density at radius 3 is 1.68 bits per heavy atom. The van der Waals surface area contributed by atoms with E-state index in [-0.39, 0.29) is 23.7 Å². The summed E-state index contributed by atoms with van der Waals surface area (Å²) >= 11 is 0. The van der Waals surface area contributed by atoms with Gasteiger partial charge in [-0.2, -0.15) is 0 Å². The van der Waals surface area contributed by atoms with Crippen LogP contribution in [0.4, 0.5) is 22.0 Å². The first-order chi connectivity index (χ1) is 13.2. The standard InChI is InChI=1S/C18H15F5O5/c1-25-10-4-8(5-11(26-2)18(10)27-3)6-12(24)28-7-9-13(19)15(21)17(23)16(22)14(9)20/h4-5H,6-7H2,1-3H3. The number of benzene rings is 2. The van der Waals surface area contributed by atoms with Crippen molar-refractivity contribution in [2.24, 2.45) is 0 Å². The molecule has 0 radical (unpaired) electrons. The van der Waals surface area contributed by atoms with Crippen molar-refractivity contribution in [3.8, 4) is 17.2 Å². The lowest BCUT2D eigenvalue weighted by Crippen LogP contribution is -2.13. The Kier molecular flexibility index (Phi) is 6.66. The van der Waals surface area contributed by atoms with Gasteiger partial charge in [-0.1, -0.05) is 0 Å². The van der Waals surface area contributed by atoms with Crippen LogP contribution in [-0.2, 0) is 22.6 Å². The minimum atomic E-state index is -2.29. The van der Waals surface area contributed by atoms with Gasteiger partial charge in [0, 0.05) is 0 Å². The Bertz CT molecular complexity index is 846. The van der Waals surface area contributed by atoms with Crippen LogP contribution < -0.4 is 14.2 Å². The summed E-state index contributed by atoms with van der Waals surface area (Å²) in [6, 6.07) is 2.89. The Balaban J connectivity index is 2.18. The van der Waals surface area contributed by atoms with E-state index >= 15 is 0 Å². The monoisotopic (exact) mass is 406 g/mol. The summed E-state index contributed by atoms with van der Waals surface area (Å²) in [5, 5.41) is 0. The minimum absolute atomic E-state index is 0.254. The van der Waals surface area contributed by atoms with Gasteiger partial charge in [-0.25, -0.2) is 22.0 Å². The van der Waals surface area contributed by atoms with Gasteiger partial charge < -0.3 is 18.9 Å². The van der Waals surface area contributed by atoms with Crippen molar-refractivity contribution in [3.63, 3.8) is 0 Å². The van der Waals surface area contributed by atoms with Gasteiger partial charge >= 0.3 is 5.97 Å². The van der Waals surface area contributed by atoms with Crippen molar-refractivity contribution in [1.29, 1.82) is 0 Å². The van der Waals surface area contributed by atoms with Gasteiger partial charge in [-0.15, -0.1) is 0 Å². The van der Waals surface area contributed by atoms with Crippen molar-refractivity contribution >= 4 is 5.97 Å². The predicted octanol–water partition coefficient (Wildman–Crippen LogP) is 3.69. The summed E-state index contributed by atoms with van der Waals surface area (Å²) in [5.74, 6) is -10.8. The molecule has 10 heteroatoms. The van der Waals surface area contributed by atoms with Gasteiger partial charge in [-0.05, 0) is 17.7 Å². The Labute approximate surface area is 156 Å². The number of carbonyl (C=O) groups is 1. The maximum absolute atomic E-state index is 13.6. The highest BCUT2D eigenvalue weighted by Crippen LogP contribution is 2.38. The minimum Gasteiger partial charge on any atom is -0.493 e. The summed E-state index contributed by atoms with van der Waals surface area (Å²) in [7, 11) is 4.11. The van der Waals surface area contributed by atoms with Crippen molar-refractivity contribution in [3.05, 3.63) is 52.3 Å². The molecule has 0 fully saturated rings. The molecular weight excluding hydrogens is 391 g/mol. The normalized spacial score (nSPS) is 10.6. The van der Waals surface area contributed by atoms with Crippen LogP contribution in [0.1, 0.15) is 11.1 Å². The Hall–Kier alpha value is -3.04. The third kappa shape index (κ3) is 4.10. The number of hydrogen-bond acceptors (Lipinski definition) is 5. The predicted molar refractivity (Wildman–Crippen MR) is 85.8 cm³/mol. The zero-order chi connectivity index (χ0) is 21.0. The van der Waals surface area contributed by atoms with E-state index in [4.69, 9.17) is 14.2 Å². The van der Waals surface area contributed by atoms with Crippen LogP contribution >= 0.6 is 0 Å². The van der Waals surface area contributed by atoms with Crippen LogP contribution in [0.3, 0.4) is 0 Å². The number of ether oxygens (including phenoxy) is 4. The van der Waals surface area contributed by atoms with E-state index in [1.54, 1.807) is 0 Å². The molecule has 0 aliphatic rings. The molecule has 0 atom stereocenters. The van der Waals surface area contributed by atoms with Crippen molar-refractivity contribution in [2.45, 2.75) is 13.0 Å². The second-order valence-electron chi connectivity index (χ2n) is 5.42. The van der Waals surface area contributed by atoms with Gasteiger partial charge in [0.15, 0.2) is 34.8 Å². The van der Waals surface area contributed by atoms with Gasteiger partial charge in [0.1, 0.15) is 6.61 Å². The zero-order valence-electron chi connectivity index (χ0n) is 15.0. The van der Waals surface area contributed by atoms with E-state index < -0.39 is 47.2 Å². The lowest BCUT2D eigenvalue weighted by atomic mass is 10.1. The van der Waals surface area contributed by atoms with Crippen molar-refractivity contribution in [2.75, 3.05) is 21.3 Å². The van der Waals surface area contributed by atoms with Gasteiger partial charge in [0.05, 0.1) is 33.3 Å². The molecule has 0 aliphatic carbocycles. The molecule has 28 heavy (non-hydrogen) atoms. The molecule has 0 bridgehead atoms. The van der Waals surface area contributed by atoms with Gasteiger partial charge in [0.2, 0.25) is 11.6 Å². The highest BCUT2D eigenvalue weighted by Gasteiger charge is 2.26. The number of hydrogen-bond donors (Lipinski definition) is 0. The number of methoxy groups -OCH3 is 3. The summed E-state index contributed by atoms with van der Waals surface area (Å²) < 4.78 is 86.6. The second-order valence-corrected chi connectivity index (χ2v) is 5.42. The average Bonchev–Trinajstić information content (AvgIpc) is 2.69. The van der Waals surface area contributed by atoms with Crippen LogP contribution in [0.5, 0.6) is 17.2 Å². The molecule has 0 saturated carbocycles. The Morgan fingerprint density at radius 1 is 0.786 bits per heavy atom. The maximum Gasteiger partial charge on any atom is 0.310 e. The zero-order valence-corrected chi connectivity index (χ0v) is 15.0. The van der Waals surface area contributed by atoms with E-state index in [2.05, 4.69) is 4.74 Å². The quantitative estimate of drug-likeness (QED) is 0.304. The molecule has 0 aliphatic heterocycles. The summed E-state index contributed by atoms with van der Waals surface area (Å²) in [5.41, 5.74) is -0.897. The average molecular weight is 406 g/mol. The lowest BCUT2D eigenvalue weighted by Gasteiger charge is -2.14. The van der Waals surface area contributed by atoms with E-state index in [0.29, 0.717) is 5.56 Å². The second kappa shape index (κ2) is 8.77. The molecule has 2 rings (SSSR count). The fourth-order valence-electron chi connectivity index (χ4n) is 2.38. The van der Waals surface area contributed by atoms with Crippen molar-refractivity contribution in [1.82, 2.24) is 0 Å². The number of halogens is 5. The maximum atomic E-state index is 13.6. The molecule has 2 aromatic rings. The largest absolute Gasteiger partial charge is 0.493 e. The topological polar surface area (TPSA) is 54.0 Å². The third-order valence-corrected chi connectivity index (χ3v) is 3.75. The lowest BCUT2D eigenvalue weighted by molar-refractivity contribution is -0.144. The molecule has 0 heterocycles. The molecule has 0 amide bonds. The first-order valence-corrected chi connectivity index (χ1v) is 7.69. The molecule has 2 aromatic carbocycles. The van der Waals surface area contributed by atoms with E-state index in [1.165, 1.54) is 33.5 Å². The molecule has 0 aromatic heterocycles. The number of carbonyl (C=O) groups excluding carboxylic acids is 1. The van der Waals surface area contributed by atoms with Crippen LogP contribution in [0.25, 0.3) is 0 Å². The van der Waals surface area contributed by atoms with Crippen LogP contribution in [0.15, 0.2) is 12.1 Å². The van der Waals surface area contributed by atoms with Gasteiger partial charge in [-0.3, -0.25) is 4.79 Å². The molecule has 0 saturated heterocycles. The number of esters is 1. The van der Waals surface area contributed by atoms with Gasteiger partial charge in [0.25, 0.3) is 0 Å². The fraction of sp³-hybridized carbons (Fsp3) is 0.278. The summed E-state index contributed by atoms with van der Waals surface area (Å²) in [4.78, 5) is 12.0. The van der Waals surface area contributed by atoms with Crippen LogP contribution in [0, 0.1) is 29.1 Å². The summed E-state index contributed by atoms with van der Waals surface area (Å²) in [6.07, 6.45) is -0.383. The molecule has 5 nitrogen and oxygen atoms in total.